The standard InChI is InChI=1S/C23H45N3O5S/c1-4-5-6-7-8-9-10-11-12-13-14-15-16-17-22(27)25-21(2)23(26-19-18-24-20-26)31-32(28,29)30-3/h20-21,23H,4-19H2,1-3H3,(H,25,27). The van der Waals surface area contributed by atoms with E-state index in [9.17, 15) is 13.2 Å². The molecule has 0 aliphatic carbocycles. The number of unbranched alkanes of at least 4 members (excludes halogenated alkanes) is 12. The van der Waals surface area contributed by atoms with Crippen molar-refractivity contribution in [3.63, 3.8) is 0 Å². The monoisotopic (exact) mass is 475 g/mol. The maximum absolute atomic E-state index is 12.3. The first kappa shape index (κ1) is 28.8. The zero-order chi connectivity index (χ0) is 23.7. The zero-order valence-corrected chi connectivity index (χ0v) is 21.2. The lowest BCUT2D eigenvalue weighted by molar-refractivity contribution is -0.123. The molecule has 1 rings (SSSR count). The summed E-state index contributed by atoms with van der Waals surface area (Å²) in [5.74, 6) is -0.0971. The highest BCUT2D eigenvalue weighted by Gasteiger charge is 2.31. The molecular weight excluding hydrogens is 430 g/mol. The summed E-state index contributed by atoms with van der Waals surface area (Å²) < 4.78 is 33.0. The number of hydrogen-bond acceptors (Lipinski definition) is 7. The Hall–Kier alpha value is -1.19. The van der Waals surface area contributed by atoms with Gasteiger partial charge >= 0.3 is 10.4 Å². The van der Waals surface area contributed by atoms with Gasteiger partial charge in [-0.1, -0.05) is 84.0 Å². The van der Waals surface area contributed by atoms with Crippen LogP contribution in [0, 0.1) is 0 Å². The van der Waals surface area contributed by atoms with Crippen molar-refractivity contribution >= 4 is 22.6 Å². The van der Waals surface area contributed by atoms with Crippen LogP contribution in [-0.4, -0.2) is 58.0 Å². The van der Waals surface area contributed by atoms with E-state index in [0.717, 1.165) is 26.4 Å². The van der Waals surface area contributed by atoms with Gasteiger partial charge in [0.1, 0.15) is 0 Å². The molecule has 1 heterocycles. The second kappa shape index (κ2) is 17.3. The van der Waals surface area contributed by atoms with E-state index in [-0.39, 0.29) is 5.91 Å². The van der Waals surface area contributed by atoms with Crippen LogP contribution in [0.5, 0.6) is 0 Å². The third-order valence-electron chi connectivity index (χ3n) is 5.79. The highest BCUT2D eigenvalue weighted by atomic mass is 32.3. The van der Waals surface area contributed by atoms with Crippen LogP contribution in [0.25, 0.3) is 0 Å². The largest absolute Gasteiger partial charge is 0.401 e. The number of rotatable bonds is 20. The molecule has 2 unspecified atom stereocenters. The Labute approximate surface area is 195 Å². The molecular formula is C23H45N3O5S. The van der Waals surface area contributed by atoms with Crippen molar-refractivity contribution in [1.29, 1.82) is 0 Å². The van der Waals surface area contributed by atoms with Crippen LogP contribution in [0.2, 0.25) is 0 Å². The van der Waals surface area contributed by atoms with Gasteiger partial charge in [0.2, 0.25) is 5.91 Å². The van der Waals surface area contributed by atoms with E-state index in [1.54, 1.807) is 18.2 Å². The van der Waals surface area contributed by atoms with Crippen molar-refractivity contribution in [2.45, 2.75) is 116 Å². The number of amides is 1. The number of aliphatic imine (C=N–C) groups is 1. The van der Waals surface area contributed by atoms with E-state index in [0.29, 0.717) is 19.5 Å². The average Bonchev–Trinajstić information content (AvgIpc) is 3.30. The van der Waals surface area contributed by atoms with Crippen LogP contribution in [0.3, 0.4) is 0 Å². The summed E-state index contributed by atoms with van der Waals surface area (Å²) in [5, 5.41) is 2.86. The van der Waals surface area contributed by atoms with Crippen LogP contribution in [0.15, 0.2) is 4.99 Å². The Morgan fingerprint density at radius 3 is 2.00 bits per heavy atom. The van der Waals surface area contributed by atoms with Crippen molar-refractivity contribution in [2.75, 3.05) is 20.2 Å². The van der Waals surface area contributed by atoms with E-state index >= 15 is 0 Å². The van der Waals surface area contributed by atoms with Crippen molar-refractivity contribution in [3.05, 3.63) is 0 Å². The van der Waals surface area contributed by atoms with E-state index in [4.69, 9.17) is 4.18 Å². The van der Waals surface area contributed by atoms with Gasteiger partial charge < -0.3 is 10.2 Å². The maximum atomic E-state index is 12.3. The first-order valence-corrected chi connectivity index (χ1v) is 13.8. The number of carbonyl (C=O) groups is 1. The first-order valence-electron chi connectivity index (χ1n) is 12.4. The molecule has 1 N–H and O–H groups in total. The minimum Gasteiger partial charge on any atom is -0.349 e. The fourth-order valence-corrected chi connectivity index (χ4v) is 4.47. The van der Waals surface area contributed by atoms with Crippen LogP contribution < -0.4 is 5.32 Å². The molecule has 0 aromatic carbocycles. The molecule has 1 aliphatic heterocycles. The van der Waals surface area contributed by atoms with Gasteiger partial charge in [-0.15, -0.1) is 0 Å². The Balaban J connectivity index is 2.13. The zero-order valence-electron chi connectivity index (χ0n) is 20.4. The Bertz CT molecular complexity index is 627. The molecule has 188 valence electrons. The minimum absolute atomic E-state index is 0.0971. The topological polar surface area (TPSA) is 97.3 Å². The number of nitrogens with one attached hydrogen (secondary N) is 1. The summed E-state index contributed by atoms with van der Waals surface area (Å²) in [5.41, 5.74) is 0. The molecule has 0 saturated carbocycles. The van der Waals surface area contributed by atoms with Gasteiger partial charge in [-0.2, -0.15) is 8.42 Å². The van der Waals surface area contributed by atoms with E-state index in [1.807, 2.05) is 0 Å². The molecule has 0 aromatic heterocycles. The molecule has 32 heavy (non-hydrogen) atoms. The highest BCUT2D eigenvalue weighted by molar-refractivity contribution is 7.81. The third kappa shape index (κ3) is 13.4. The second-order valence-electron chi connectivity index (χ2n) is 8.67. The van der Waals surface area contributed by atoms with Crippen molar-refractivity contribution in [3.8, 4) is 0 Å². The van der Waals surface area contributed by atoms with Crippen LogP contribution >= 0.6 is 0 Å². The summed E-state index contributed by atoms with van der Waals surface area (Å²) >= 11 is 0. The van der Waals surface area contributed by atoms with E-state index < -0.39 is 22.7 Å². The fourth-order valence-electron chi connectivity index (χ4n) is 3.87. The van der Waals surface area contributed by atoms with Crippen LogP contribution in [-0.2, 0) is 23.6 Å². The summed E-state index contributed by atoms with van der Waals surface area (Å²) in [6, 6.07) is -0.529. The Kier molecular flexibility index (Phi) is 15.6. The Morgan fingerprint density at radius 1 is 1.00 bits per heavy atom. The molecule has 0 bridgehead atoms. The molecule has 0 radical (unpaired) electrons. The van der Waals surface area contributed by atoms with Crippen LogP contribution in [0.4, 0.5) is 0 Å². The summed E-state index contributed by atoms with van der Waals surface area (Å²) in [6.07, 6.45) is 17.5. The van der Waals surface area contributed by atoms with E-state index in [1.165, 1.54) is 64.2 Å². The van der Waals surface area contributed by atoms with Gasteiger partial charge in [0.15, 0.2) is 6.23 Å². The lowest BCUT2D eigenvalue weighted by Crippen LogP contribution is -2.51. The number of nitrogens with zero attached hydrogens (tertiary/aromatic N) is 2. The van der Waals surface area contributed by atoms with Gasteiger partial charge in [-0.3, -0.25) is 14.0 Å². The predicted molar refractivity (Wildman–Crippen MR) is 129 cm³/mol. The number of carbonyl (C=O) groups excluding carboxylic acids is 1. The normalized spacial score (nSPS) is 15.8. The van der Waals surface area contributed by atoms with Crippen molar-refractivity contribution in [1.82, 2.24) is 10.2 Å². The molecule has 1 amide bonds. The van der Waals surface area contributed by atoms with Gasteiger partial charge in [-0.05, 0) is 13.3 Å². The van der Waals surface area contributed by atoms with E-state index in [2.05, 4.69) is 21.4 Å². The predicted octanol–water partition coefficient (Wildman–Crippen LogP) is 4.55. The molecule has 8 nitrogen and oxygen atoms in total. The SMILES string of the molecule is CCCCCCCCCCCCCCCC(=O)NC(C)C(OS(=O)(=O)OC)N1C=NCC1. The molecule has 0 saturated heterocycles. The highest BCUT2D eigenvalue weighted by Crippen LogP contribution is 2.15. The fraction of sp³-hybridized carbons (Fsp3) is 0.913. The van der Waals surface area contributed by atoms with Gasteiger partial charge in [0.25, 0.3) is 0 Å². The van der Waals surface area contributed by atoms with Gasteiger partial charge in [-0.25, -0.2) is 4.18 Å². The third-order valence-corrected chi connectivity index (χ3v) is 6.63. The summed E-state index contributed by atoms with van der Waals surface area (Å²) in [6.45, 7) is 5.07. The van der Waals surface area contributed by atoms with Crippen molar-refractivity contribution in [2.24, 2.45) is 4.99 Å². The second-order valence-corrected chi connectivity index (χ2v) is 10.0. The quantitative estimate of drug-likeness (QED) is 0.259. The maximum Gasteiger partial charge on any atom is 0.401 e. The average molecular weight is 476 g/mol. The van der Waals surface area contributed by atoms with Gasteiger partial charge in [0.05, 0.1) is 26.0 Å². The summed E-state index contributed by atoms with van der Waals surface area (Å²) in [7, 11) is -3.09. The lowest BCUT2D eigenvalue weighted by atomic mass is 10.0. The molecule has 2 atom stereocenters. The Morgan fingerprint density at radius 2 is 1.53 bits per heavy atom. The molecule has 0 aromatic rings. The minimum atomic E-state index is -4.13. The molecule has 9 heteroatoms. The van der Waals surface area contributed by atoms with Crippen molar-refractivity contribution < 1.29 is 21.6 Å². The number of hydrogen-bond donors (Lipinski definition) is 1. The summed E-state index contributed by atoms with van der Waals surface area (Å²) in [4.78, 5) is 18.1. The molecule has 1 aliphatic rings. The lowest BCUT2D eigenvalue weighted by Gasteiger charge is -2.30. The molecule has 0 fully saturated rings. The van der Waals surface area contributed by atoms with Gasteiger partial charge in [0, 0.05) is 13.0 Å². The van der Waals surface area contributed by atoms with Crippen LogP contribution in [0.1, 0.15) is 104 Å². The first-order chi connectivity index (χ1) is 15.4. The molecule has 0 spiro atoms. The smallest absolute Gasteiger partial charge is 0.349 e.